The van der Waals surface area contributed by atoms with Gasteiger partial charge in [0.05, 0.1) is 12.2 Å². The maximum atomic E-state index is 11.0. The molecule has 2 unspecified atom stereocenters. The number of hydrogen-bond donors (Lipinski definition) is 1. The van der Waals surface area contributed by atoms with Crippen molar-refractivity contribution in [3.8, 4) is 0 Å². The molecule has 7 heteroatoms. The lowest BCUT2D eigenvalue weighted by Gasteiger charge is -2.24. The molecule has 0 saturated carbocycles. The minimum atomic E-state index is -1.28. The standard InChI is InChI=1S/C14H20O6.H3N/c1-5-12(15)19-9(3)7-11(14(17)18)8-10(4)20-13(16)6-2;/h5-6,9-11H,1-2,7-8H2,3-4H3,(H,17,18);1H3. The predicted molar refractivity (Wildman–Crippen MR) is 75.2 cm³/mol. The molecule has 0 aliphatic rings. The molecule has 0 aromatic heterocycles. The summed E-state index contributed by atoms with van der Waals surface area (Å²) in [6, 6.07) is 0. The normalized spacial score (nSPS) is 13.8. The van der Waals surface area contributed by atoms with Crippen molar-refractivity contribution >= 4 is 17.9 Å². The summed E-state index contributed by atoms with van der Waals surface area (Å²) in [4.78, 5) is 33.0. The Morgan fingerprint density at radius 2 is 1.33 bits per heavy atom. The Balaban J connectivity index is 0. The molecule has 0 aromatic rings. The number of carbonyl (C=O) groups is 3. The van der Waals surface area contributed by atoms with E-state index in [4.69, 9.17) is 9.47 Å². The second-order valence-corrected chi connectivity index (χ2v) is 4.39. The van der Waals surface area contributed by atoms with Crippen molar-refractivity contribution in [2.45, 2.75) is 38.9 Å². The highest BCUT2D eigenvalue weighted by atomic mass is 16.5. The third-order valence-corrected chi connectivity index (χ3v) is 2.53. The molecular weight excluding hydrogens is 278 g/mol. The number of carboxylic acids is 1. The molecule has 0 bridgehead atoms. The molecule has 21 heavy (non-hydrogen) atoms. The first-order valence-electron chi connectivity index (χ1n) is 6.17. The first kappa shape index (κ1) is 21.2. The van der Waals surface area contributed by atoms with Gasteiger partial charge in [-0.2, -0.15) is 0 Å². The van der Waals surface area contributed by atoms with Gasteiger partial charge in [0.25, 0.3) is 0 Å². The Labute approximate surface area is 124 Å². The van der Waals surface area contributed by atoms with Gasteiger partial charge in [-0.15, -0.1) is 0 Å². The highest BCUT2D eigenvalue weighted by molar-refractivity contribution is 5.81. The molecule has 0 rings (SSSR count). The van der Waals surface area contributed by atoms with E-state index in [0.29, 0.717) is 0 Å². The van der Waals surface area contributed by atoms with Crippen LogP contribution in [-0.2, 0) is 23.9 Å². The van der Waals surface area contributed by atoms with E-state index >= 15 is 0 Å². The topological polar surface area (TPSA) is 129 Å². The van der Waals surface area contributed by atoms with Gasteiger partial charge >= 0.3 is 11.9 Å². The first-order chi connectivity index (χ1) is 9.29. The van der Waals surface area contributed by atoms with Crippen LogP contribution in [0.4, 0.5) is 0 Å². The van der Waals surface area contributed by atoms with Gasteiger partial charge in [-0.05, 0) is 26.7 Å². The molecule has 0 fully saturated rings. The summed E-state index contributed by atoms with van der Waals surface area (Å²) in [7, 11) is 0. The fraction of sp³-hybridized carbons (Fsp3) is 0.500. The summed E-state index contributed by atoms with van der Waals surface area (Å²) in [5.74, 6) is -3.43. The van der Waals surface area contributed by atoms with Crippen molar-refractivity contribution in [2.75, 3.05) is 0 Å². The second-order valence-electron chi connectivity index (χ2n) is 4.39. The quantitative estimate of drug-likeness (QED) is 0.494. The number of hydrogen-bond acceptors (Lipinski definition) is 6. The zero-order valence-electron chi connectivity index (χ0n) is 12.7. The molecule has 0 aromatic carbocycles. The van der Waals surface area contributed by atoms with E-state index in [1.165, 1.54) is 0 Å². The number of carbonyl (C=O) groups excluding carboxylic acids is 3. The monoisotopic (exact) mass is 301 g/mol. The summed E-state index contributed by atoms with van der Waals surface area (Å²) >= 11 is 0. The molecule has 0 spiro atoms. The number of carboxylic acid groups (broad SMARTS) is 1. The zero-order valence-corrected chi connectivity index (χ0v) is 12.7. The van der Waals surface area contributed by atoms with Gasteiger partial charge in [0.2, 0.25) is 0 Å². The van der Waals surface area contributed by atoms with Crippen molar-refractivity contribution in [3.63, 3.8) is 0 Å². The average molecular weight is 301 g/mol. The number of esters is 2. The number of rotatable bonds is 9. The van der Waals surface area contributed by atoms with Gasteiger partial charge in [0, 0.05) is 24.0 Å². The Kier molecular flexibility index (Phi) is 10.7. The lowest BCUT2D eigenvalue weighted by Crippen LogP contribution is -2.36. The molecule has 2 atom stereocenters. The predicted octanol–water partition coefficient (Wildman–Crippen LogP) is 0.744. The van der Waals surface area contributed by atoms with E-state index in [-0.39, 0.29) is 19.0 Å². The van der Waals surface area contributed by atoms with Crippen molar-refractivity contribution in [1.29, 1.82) is 0 Å². The van der Waals surface area contributed by atoms with Gasteiger partial charge in [0.15, 0.2) is 0 Å². The van der Waals surface area contributed by atoms with Crippen LogP contribution in [0.1, 0.15) is 26.7 Å². The van der Waals surface area contributed by atoms with Crippen LogP contribution in [-0.4, -0.2) is 30.1 Å². The summed E-state index contributed by atoms with van der Waals surface area (Å²) < 4.78 is 9.78. The Bertz CT molecular complexity index is 363. The maximum absolute atomic E-state index is 11.0. The van der Waals surface area contributed by atoms with Crippen LogP contribution in [0.2, 0.25) is 0 Å². The number of quaternary nitrogens is 1. The highest BCUT2D eigenvalue weighted by Crippen LogP contribution is 2.17. The number of ether oxygens (including phenoxy) is 2. The largest absolute Gasteiger partial charge is 0.550 e. The van der Waals surface area contributed by atoms with E-state index in [0.717, 1.165) is 12.2 Å². The van der Waals surface area contributed by atoms with Gasteiger partial charge in [-0.25, -0.2) is 9.59 Å². The lowest BCUT2D eigenvalue weighted by molar-refractivity contribution is -0.313. The molecule has 0 aliphatic carbocycles. The molecule has 0 aliphatic heterocycles. The summed E-state index contributed by atoms with van der Waals surface area (Å²) in [5, 5.41) is 11.0. The fourth-order valence-electron chi connectivity index (χ4n) is 1.68. The van der Waals surface area contributed by atoms with Crippen LogP contribution in [0.25, 0.3) is 0 Å². The third-order valence-electron chi connectivity index (χ3n) is 2.53. The Hall–Kier alpha value is -2.15. The van der Waals surface area contributed by atoms with Crippen LogP contribution in [0.5, 0.6) is 0 Å². The van der Waals surface area contributed by atoms with Crippen LogP contribution in [0.15, 0.2) is 25.3 Å². The van der Waals surface area contributed by atoms with Crippen molar-refractivity contribution in [3.05, 3.63) is 25.3 Å². The van der Waals surface area contributed by atoms with E-state index in [2.05, 4.69) is 13.2 Å². The summed E-state index contributed by atoms with van der Waals surface area (Å²) in [6.07, 6.45) is 0.921. The molecule has 0 heterocycles. The van der Waals surface area contributed by atoms with Crippen LogP contribution >= 0.6 is 0 Å². The van der Waals surface area contributed by atoms with E-state index in [9.17, 15) is 19.5 Å². The van der Waals surface area contributed by atoms with Crippen LogP contribution in [0.3, 0.4) is 0 Å². The molecular formula is C14H23NO6. The molecule has 0 radical (unpaired) electrons. The summed E-state index contributed by atoms with van der Waals surface area (Å²) in [5.41, 5.74) is 0. The van der Waals surface area contributed by atoms with Gasteiger partial charge < -0.3 is 25.5 Å². The first-order valence-corrected chi connectivity index (χ1v) is 6.17. The van der Waals surface area contributed by atoms with Gasteiger partial charge in [0.1, 0.15) is 0 Å². The van der Waals surface area contributed by atoms with E-state index in [1.807, 2.05) is 0 Å². The lowest BCUT2D eigenvalue weighted by atomic mass is 9.96. The van der Waals surface area contributed by atoms with Gasteiger partial charge in [-0.3, -0.25) is 0 Å². The van der Waals surface area contributed by atoms with Crippen LogP contribution < -0.4 is 11.3 Å². The molecule has 120 valence electrons. The van der Waals surface area contributed by atoms with E-state index in [1.54, 1.807) is 13.8 Å². The molecule has 7 nitrogen and oxygen atoms in total. The SMILES string of the molecule is C=CC(=O)OC(C)CC(CC(C)OC(=O)C=C)C(=O)[O-].[NH4+]. The smallest absolute Gasteiger partial charge is 0.330 e. The van der Waals surface area contributed by atoms with Crippen molar-refractivity contribution in [1.82, 2.24) is 6.15 Å². The second kappa shape index (κ2) is 10.6. The van der Waals surface area contributed by atoms with Crippen LogP contribution in [0, 0.1) is 5.92 Å². The Morgan fingerprint density at radius 3 is 1.57 bits per heavy atom. The summed E-state index contributed by atoms with van der Waals surface area (Å²) in [6.45, 7) is 9.63. The van der Waals surface area contributed by atoms with Crippen molar-refractivity contribution in [2.24, 2.45) is 5.92 Å². The average Bonchev–Trinajstić information content (AvgIpc) is 2.37. The van der Waals surface area contributed by atoms with E-state index < -0.39 is 36.0 Å². The maximum Gasteiger partial charge on any atom is 0.330 e. The number of aliphatic carboxylic acids is 1. The molecule has 0 amide bonds. The zero-order chi connectivity index (χ0) is 15.7. The fourth-order valence-corrected chi connectivity index (χ4v) is 1.68. The van der Waals surface area contributed by atoms with Crippen molar-refractivity contribution < 1.29 is 29.0 Å². The molecule has 0 saturated heterocycles. The molecule has 4 N–H and O–H groups in total. The highest BCUT2D eigenvalue weighted by Gasteiger charge is 2.20. The minimum absolute atomic E-state index is 0. The Morgan fingerprint density at radius 1 is 1.00 bits per heavy atom. The third kappa shape index (κ3) is 9.39. The minimum Gasteiger partial charge on any atom is -0.550 e. The van der Waals surface area contributed by atoms with Gasteiger partial charge in [-0.1, -0.05) is 13.2 Å².